The predicted octanol–water partition coefficient (Wildman–Crippen LogP) is -0.445. The molecule has 1 unspecified atom stereocenters. The number of rotatable bonds is 4. The first kappa shape index (κ1) is 8.97. The van der Waals surface area contributed by atoms with Gasteiger partial charge in [0, 0.05) is 6.54 Å². The zero-order valence-corrected chi connectivity index (χ0v) is 5.79. The maximum absolute atomic E-state index is 10.1. The molecule has 0 spiro atoms. The van der Waals surface area contributed by atoms with Crippen LogP contribution in [0.4, 0.5) is 0 Å². The number of aliphatic hydroxyl groups is 1. The first-order chi connectivity index (χ1) is 4.54. The summed E-state index contributed by atoms with van der Waals surface area (Å²) in [5, 5.41) is 19.4. The third kappa shape index (κ3) is 3.91. The van der Waals surface area contributed by atoms with E-state index in [1.807, 2.05) is 0 Å². The van der Waals surface area contributed by atoms with Crippen molar-refractivity contribution in [2.75, 3.05) is 6.54 Å². The second-order valence-corrected chi connectivity index (χ2v) is 2.01. The van der Waals surface area contributed by atoms with E-state index in [1.165, 1.54) is 0 Å². The van der Waals surface area contributed by atoms with E-state index in [9.17, 15) is 4.79 Å². The topological polar surface area (TPSA) is 69.6 Å². The van der Waals surface area contributed by atoms with Crippen LogP contribution < -0.4 is 5.32 Å². The molecule has 0 aliphatic heterocycles. The predicted molar refractivity (Wildman–Crippen MR) is 36.5 cm³/mol. The van der Waals surface area contributed by atoms with E-state index < -0.39 is 12.1 Å². The van der Waals surface area contributed by atoms with Gasteiger partial charge in [-0.15, -0.1) is 0 Å². The van der Waals surface area contributed by atoms with Gasteiger partial charge >= 0.3 is 5.97 Å². The standard InChI is InChI=1S/C6H11NO3/c1-4(8)3-7-5(2)6(9)10/h4,7-8H,2-3H2,1H3,(H,9,10). The lowest BCUT2D eigenvalue weighted by atomic mass is 10.4. The highest BCUT2D eigenvalue weighted by Crippen LogP contribution is 1.83. The molecule has 0 bridgehead atoms. The summed E-state index contributed by atoms with van der Waals surface area (Å²) in [5.74, 6) is -1.10. The van der Waals surface area contributed by atoms with Crippen LogP contribution in [0.2, 0.25) is 0 Å². The van der Waals surface area contributed by atoms with Gasteiger partial charge in [-0.1, -0.05) is 6.58 Å². The smallest absolute Gasteiger partial charge is 0.351 e. The van der Waals surface area contributed by atoms with E-state index in [4.69, 9.17) is 10.2 Å². The Hall–Kier alpha value is -1.03. The fourth-order valence-corrected chi connectivity index (χ4v) is 0.347. The van der Waals surface area contributed by atoms with Gasteiger partial charge in [-0.3, -0.25) is 0 Å². The monoisotopic (exact) mass is 145 g/mol. The number of nitrogens with one attached hydrogen (secondary N) is 1. The van der Waals surface area contributed by atoms with Crippen molar-refractivity contribution in [3.05, 3.63) is 12.3 Å². The molecule has 0 fully saturated rings. The molecule has 0 aliphatic carbocycles. The number of aliphatic hydroxyl groups excluding tert-OH is 1. The van der Waals surface area contributed by atoms with Crippen molar-refractivity contribution in [1.82, 2.24) is 5.32 Å². The Morgan fingerprint density at radius 3 is 2.60 bits per heavy atom. The Balaban J connectivity index is 3.50. The highest BCUT2D eigenvalue weighted by molar-refractivity contribution is 5.84. The van der Waals surface area contributed by atoms with Gasteiger partial charge < -0.3 is 15.5 Å². The van der Waals surface area contributed by atoms with Crippen molar-refractivity contribution < 1.29 is 15.0 Å². The largest absolute Gasteiger partial charge is 0.477 e. The molecule has 1 atom stereocenters. The van der Waals surface area contributed by atoms with Crippen LogP contribution in [0.15, 0.2) is 12.3 Å². The van der Waals surface area contributed by atoms with E-state index >= 15 is 0 Å². The Kier molecular flexibility index (Phi) is 3.49. The van der Waals surface area contributed by atoms with E-state index in [-0.39, 0.29) is 12.2 Å². The first-order valence-corrected chi connectivity index (χ1v) is 2.88. The summed E-state index contributed by atoms with van der Waals surface area (Å²) < 4.78 is 0. The van der Waals surface area contributed by atoms with Gasteiger partial charge in [-0.2, -0.15) is 0 Å². The molecule has 0 rings (SSSR count). The third-order valence-corrected chi connectivity index (χ3v) is 0.869. The lowest BCUT2D eigenvalue weighted by Crippen LogP contribution is -2.26. The van der Waals surface area contributed by atoms with Gasteiger partial charge in [-0.05, 0) is 6.92 Å². The van der Waals surface area contributed by atoms with E-state index in [0.29, 0.717) is 0 Å². The van der Waals surface area contributed by atoms with Crippen LogP contribution in [0.3, 0.4) is 0 Å². The van der Waals surface area contributed by atoms with Crippen molar-refractivity contribution in [1.29, 1.82) is 0 Å². The van der Waals surface area contributed by atoms with Gasteiger partial charge in [0.05, 0.1) is 6.10 Å². The molecule has 0 radical (unpaired) electrons. The summed E-state index contributed by atoms with van der Waals surface area (Å²) in [7, 11) is 0. The molecule has 0 aliphatic rings. The fourth-order valence-electron chi connectivity index (χ4n) is 0.347. The van der Waals surface area contributed by atoms with Gasteiger partial charge in [0.1, 0.15) is 5.70 Å². The molecular weight excluding hydrogens is 134 g/mol. The second-order valence-electron chi connectivity index (χ2n) is 2.01. The van der Waals surface area contributed by atoms with Gasteiger partial charge in [-0.25, -0.2) is 4.79 Å². The lowest BCUT2D eigenvalue weighted by molar-refractivity contribution is -0.133. The molecule has 3 N–H and O–H groups in total. The summed E-state index contributed by atoms with van der Waals surface area (Å²) in [4.78, 5) is 10.1. The summed E-state index contributed by atoms with van der Waals surface area (Å²) in [5.41, 5.74) is -0.0964. The zero-order chi connectivity index (χ0) is 8.15. The molecule has 0 aromatic carbocycles. The second kappa shape index (κ2) is 3.90. The minimum absolute atomic E-state index is 0.0964. The Morgan fingerprint density at radius 1 is 1.80 bits per heavy atom. The molecule has 10 heavy (non-hydrogen) atoms. The highest BCUT2D eigenvalue weighted by Gasteiger charge is 2.02. The van der Waals surface area contributed by atoms with Gasteiger partial charge in [0.15, 0.2) is 0 Å². The zero-order valence-electron chi connectivity index (χ0n) is 5.79. The van der Waals surface area contributed by atoms with Crippen LogP contribution in [0, 0.1) is 0 Å². The highest BCUT2D eigenvalue weighted by atomic mass is 16.4. The third-order valence-electron chi connectivity index (χ3n) is 0.869. The SMILES string of the molecule is C=C(NCC(C)O)C(=O)O. The van der Waals surface area contributed by atoms with Crippen LogP contribution in [0.25, 0.3) is 0 Å². The van der Waals surface area contributed by atoms with Crippen LogP contribution in [0.1, 0.15) is 6.92 Å². The van der Waals surface area contributed by atoms with Crippen LogP contribution in [-0.4, -0.2) is 28.8 Å². The summed E-state index contributed by atoms with van der Waals surface area (Å²) >= 11 is 0. The number of aliphatic carboxylic acids is 1. The Morgan fingerprint density at radius 2 is 2.30 bits per heavy atom. The van der Waals surface area contributed by atoms with Crippen molar-refractivity contribution in [3.8, 4) is 0 Å². The minimum atomic E-state index is -1.10. The van der Waals surface area contributed by atoms with E-state index in [0.717, 1.165) is 0 Å². The number of hydrogen-bond acceptors (Lipinski definition) is 3. The van der Waals surface area contributed by atoms with Crippen LogP contribution in [0.5, 0.6) is 0 Å². The average Bonchev–Trinajstić information content (AvgIpc) is 1.82. The maximum Gasteiger partial charge on any atom is 0.351 e. The van der Waals surface area contributed by atoms with Crippen LogP contribution >= 0.6 is 0 Å². The van der Waals surface area contributed by atoms with Gasteiger partial charge in [0.2, 0.25) is 0 Å². The Labute approximate surface area is 59.2 Å². The molecule has 0 saturated carbocycles. The quantitative estimate of drug-likeness (QED) is 0.469. The lowest BCUT2D eigenvalue weighted by Gasteiger charge is -2.06. The number of carboxylic acids is 1. The molecule has 4 nitrogen and oxygen atoms in total. The number of carbonyl (C=O) groups is 1. The first-order valence-electron chi connectivity index (χ1n) is 2.88. The molecule has 4 heteroatoms. The average molecular weight is 145 g/mol. The molecule has 0 aromatic rings. The summed E-state index contributed by atoms with van der Waals surface area (Å²) in [6, 6.07) is 0. The van der Waals surface area contributed by atoms with Crippen LogP contribution in [-0.2, 0) is 4.79 Å². The molecule has 0 heterocycles. The van der Waals surface area contributed by atoms with Crippen molar-refractivity contribution in [2.24, 2.45) is 0 Å². The number of hydrogen-bond donors (Lipinski definition) is 3. The van der Waals surface area contributed by atoms with Crippen molar-refractivity contribution in [2.45, 2.75) is 13.0 Å². The maximum atomic E-state index is 10.1. The molecule has 0 amide bonds. The molecule has 58 valence electrons. The van der Waals surface area contributed by atoms with E-state index in [2.05, 4.69) is 11.9 Å². The Bertz CT molecular complexity index is 142. The fraction of sp³-hybridized carbons (Fsp3) is 0.500. The van der Waals surface area contributed by atoms with Crippen molar-refractivity contribution >= 4 is 5.97 Å². The normalized spacial score (nSPS) is 12.2. The molecule has 0 aromatic heterocycles. The summed E-state index contributed by atoms with van der Waals surface area (Å²) in [6.07, 6.45) is -0.559. The van der Waals surface area contributed by atoms with Crippen molar-refractivity contribution in [3.63, 3.8) is 0 Å². The van der Waals surface area contributed by atoms with Gasteiger partial charge in [0.25, 0.3) is 0 Å². The minimum Gasteiger partial charge on any atom is -0.477 e. The molecule has 0 saturated heterocycles. The number of carboxylic acid groups (broad SMARTS) is 1. The summed E-state index contributed by atoms with van der Waals surface area (Å²) in [6.45, 7) is 4.98. The van der Waals surface area contributed by atoms with E-state index in [1.54, 1.807) is 6.92 Å². The molecular formula is C6H11NO3.